The predicted molar refractivity (Wildman–Crippen MR) is 101 cm³/mol. The number of Topliss-reactive ketones (excluding diaryl/α,β-unsaturated/α-hetero) is 1. The molecule has 0 heterocycles. The number of ether oxygens (including phenoxy) is 2. The monoisotopic (exact) mass is 374 g/mol. The van der Waals surface area contributed by atoms with Crippen molar-refractivity contribution in [2.75, 3.05) is 0 Å². The maximum absolute atomic E-state index is 12.8. The molecule has 0 unspecified atom stereocenters. The van der Waals surface area contributed by atoms with E-state index in [2.05, 4.69) is 13.2 Å². The molecular formula is C22H14O6. The number of benzene rings is 2. The lowest BCUT2D eigenvalue weighted by Crippen LogP contribution is -2.17. The van der Waals surface area contributed by atoms with Crippen molar-refractivity contribution in [2.24, 2.45) is 0 Å². The van der Waals surface area contributed by atoms with Crippen LogP contribution in [0, 0.1) is 0 Å². The van der Waals surface area contributed by atoms with Gasteiger partial charge in [0.25, 0.3) is 0 Å². The van der Waals surface area contributed by atoms with E-state index in [1.165, 1.54) is 36.4 Å². The Balaban J connectivity index is 1.90. The second-order valence-corrected chi connectivity index (χ2v) is 5.73. The van der Waals surface area contributed by atoms with Crippen molar-refractivity contribution >= 4 is 29.1 Å². The molecule has 0 aliphatic heterocycles. The minimum absolute atomic E-state index is 0.148. The Labute approximate surface area is 160 Å². The number of hydrogen-bond acceptors (Lipinski definition) is 6. The Kier molecular flexibility index (Phi) is 5.13. The van der Waals surface area contributed by atoms with E-state index in [1.54, 1.807) is 12.1 Å². The summed E-state index contributed by atoms with van der Waals surface area (Å²) in [5.41, 5.74) is 1.09. The summed E-state index contributed by atoms with van der Waals surface area (Å²) in [5, 5.41) is 0. The van der Waals surface area contributed by atoms with E-state index in [0.717, 1.165) is 12.2 Å². The van der Waals surface area contributed by atoms with Gasteiger partial charge < -0.3 is 9.47 Å². The highest BCUT2D eigenvalue weighted by atomic mass is 16.5. The summed E-state index contributed by atoms with van der Waals surface area (Å²) in [6, 6.07) is 10.4. The van der Waals surface area contributed by atoms with E-state index in [-0.39, 0.29) is 39.8 Å². The van der Waals surface area contributed by atoms with Gasteiger partial charge in [-0.25, -0.2) is 9.59 Å². The molecule has 2 aromatic carbocycles. The SMILES string of the molecule is C=CC(=O)Oc1ccc(C2=CC(=O)c3cc(OC(=O)C=C)ccc3C2=O)cc1. The molecular weight excluding hydrogens is 360 g/mol. The van der Waals surface area contributed by atoms with E-state index in [4.69, 9.17) is 9.47 Å². The standard InChI is InChI=1S/C22H14O6/c1-3-20(24)27-14-7-5-13(6-8-14)17-12-19(23)18-11-15(28-21(25)4-2)9-10-16(18)22(17)26/h3-12H,1-2H2. The number of rotatable bonds is 5. The second-order valence-electron chi connectivity index (χ2n) is 5.73. The summed E-state index contributed by atoms with van der Waals surface area (Å²) in [6.07, 6.45) is 3.27. The van der Waals surface area contributed by atoms with E-state index in [0.29, 0.717) is 5.56 Å². The molecule has 0 amide bonds. The third kappa shape index (κ3) is 3.71. The molecule has 0 saturated carbocycles. The highest BCUT2D eigenvalue weighted by molar-refractivity contribution is 6.38. The second kappa shape index (κ2) is 7.67. The molecule has 1 aliphatic carbocycles. The van der Waals surface area contributed by atoms with Gasteiger partial charge in [-0.05, 0) is 42.0 Å². The van der Waals surface area contributed by atoms with Gasteiger partial charge in [-0.2, -0.15) is 0 Å². The first-order valence-corrected chi connectivity index (χ1v) is 8.16. The molecule has 0 atom stereocenters. The van der Waals surface area contributed by atoms with Crippen LogP contribution < -0.4 is 9.47 Å². The molecule has 0 radical (unpaired) electrons. The fourth-order valence-electron chi connectivity index (χ4n) is 2.64. The maximum Gasteiger partial charge on any atom is 0.335 e. The first-order valence-electron chi connectivity index (χ1n) is 8.16. The van der Waals surface area contributed by atoms with Gasteiger partial charge in [0.05, 0.1) is 0 Å². The Morgan fingerprint density at radius 1 is 0.786 bits per heavy atom. The molecule has 6 nitrogen and oxygen atoms in total. The van der Waals surface area contributed by atoms with Crippen molar-refractivity contribution in [3.8, 4) is 11.5 Å². The van der Waals surface area contributed by atoms with Crippen LogP contribution in [0.1, 0.15) is 26.3 Å². The summed E-state index contributed by atoms with van der Waals surface area (Å²) in [5.74, 6) is -1.55. The Morgan fingerprint density at radius 2 is 1.36 bits per heavy atom. The normalized spacial score (nSPS) is 12.5. The highest BCUT2D eigenvalue weighted by Crippen LogP contribution is 2.31. The van der Waals surface area contributed by atoms with Gasteiger partial charge in [0.1, 0.15) is 11.5 Å². The Morgan fingerprint density at radius 3 is 1.96 bits per heavy atom. The summed E-state index contributed by atoms with van der Waals surface area (Å²) in [4.78, 5) is 47.9. The van der Waals surface area contributed by atoms with Crippen molar-refractivity contribution in [3.05, 3.63) is 90.5 Å². The van der Waals surface area contributed by atoms with Gasteiger partial charge in [-0.3, -0.25) is 9.59 Å². The number of allylic oxidation sites excluding steroid dienone is 2. The average molecular weight is 374 g/mol. The third-order valence-electron chi connectivity index (χ3n) is 3.96. The van der Waals surface area contributed by atoms with Crippen molar-refractivity contribution < 1.29 is 28.7 Å². The third-order valence-corrected chi connectivity index (χ3v) is 3.96. The van der Waals surface area contributed by atoms with Crippen molar-refractivity contribution in [3.63, 3.8) is 0 Å². The fraction of sp³-hybridized carbons (Fsp3) is 0. The summed E-state index contributed by atoms with van der Waals surface area (Å²) >= 11 is 0. The zero-order valence-electron chi connectivity index (χ0n) is 14.6. The van der Waals surface area contributed by atoms with Gasteiger partial charge in [-0.1, -0.05) is 25.3 Å². The number of carbonyl (C=O) groups is 4. The topological polar surface area (TPSA) is 86.7 Å². The summed E-state index contributed by atoms with van der Waals surface area (Å²) in [6.45, 7) is 6.62. The lowest BCUT2D eigenvalue weighted by atomic mass is 9.86. The van der Waals surface area contributed by atoms with Gasteiger partial charge >= 0.3 is 11.9 Å². The van der Waals surface area contributed by atoms with Crippen molar-refractivity contribution in [2.45, 2.75) is 0 Å². The zero-order valence-corrected chi connectivity index (χ0v) is 14.6. The molecule has 0 saturated heterocycles. The Bertz CT molecular complexity index is 1060. The minimum Gasteiger partial charge on any atom is -0.423 e. The first kappa shape index (κ1) is 18.7. The zero-order chi connectivity index (χ0) is 20.3. The quantitative estimate of drug-likeness (QED) is 0.453. The van der Waals surface area contributed by atoms with Gasteiger partial charge in [0.2, 0.25) is 0 Å². The summed E-state index contributed by atoms with van der Waals surface area (Å²) in [7, 11) is 0. The largest absolute Gasteiger partial charge is 0.423 e. The number of hydrogen-bond donors (Lipinski definition) is 0. The van der Waals surface area contributed by atoms with Crippen LogP contribution in [-0.4, -0.2) is 23.5 Å². The van der Waals surface area contributed by atoms with E-state index >= 15 is 0 Å². The van der Waals surface area contributed by atoms with E-state index < -0.39 is 11.9 Å². The minimum atomic E-state index is -0.664. The molecule has 28 heavy (non-hydrogen) atoms. The van der Waals surface area contributed by atoms with Crippen molar-refractivity contribution in [1.29, 1.82) is 0 Å². The lowest BCUT2D eigenvalue weighted by molar-refractivity contribution is -0.129. The molecule has 0 aromatic heterocycles. The van der Waals surface area contributed by atoms with E-state index in [1.807, 2.05) is 0 Å². The summed E-state index contributed by atoms with van der Waals surface area (Å²) < 4.78 is 9.98. The predicted octanol–water partition coefficient (Wildman–Crippen LogP) is 3.33. The lowest BCUT2D eigenvalue weighted by Gasteiger charge is -2.16. The van der Waals surface area contributed by atoms with Gasteiger partial charge in [-0.15, -0.1) is 0 Å². The van der Waals surface area contributed by atoms with Crippen molar-refractivity contribution in [1.82, 2.24) is 0 Å². The maximum atomic E-state index is 12.8. The van der Waals surface area contributed by atoms with Crippen LogP contribution >= 0.6 is 0 Å². The smallest absolute Gasteiger partial charge is 0.335 e. The molecule has 0 N–H and O–H groups in total. The van der Waals surface area contributed by atoms with Crippen LogP contribution in [0.5, 0.6) is 11.5 Å². The van der Waals surface area contributed by atoms with Gasteiger partial charge in [0.15, 0.2) is 11.6 Å². The van der Waals surface area contributed by atoms with Gasteiger partial charge in [0, 0.05) is 28.9 Å². The van der Waals surface area contributed by atoms with Crippen LogP contribution in [0.15, 0.2) is 73.9 Å². The van der Waals surface area contributed by atoms with Crippen LogP contribution in [0.25, 0.3) is 5.57 Å². The van der Waals surface area contributed by atoms with E-state index in [9.17, 15) is 19.2 Å². The van der Waals surface area contributed by atoms with Crippen LogP contribution in [0.4, 0.5) is 0 Å². The fourth-order valence-corrected chi connectivity index (χ4v) is 2.64. The van der Waals surface area contributed by atoms with Crippen LogP contribution in [0.3, 0.4) is 0 Å². The number of carbonyl (C=O) groups excluding carboxylic acids is 4. The molecule has 0 spiro atoms. The molecule has 6 heteroatoms. The molecule has 0 bridgehead atoms. The molecule has 138 valence electrons. The average Bonchev–Trinajstić information content (AvgIpc) is 2.71. The molecule has 3 rings (SSSR count). The first-order chi connectivity index (χ1) is 13.4. The number of ketones is 2. The van der Waals surface area contributed by atoms with Crippen LogP contribution in [0.2, 0.25) is 0 Å². The molecule has 0 fully saturated rings. The molecule has 1 aliphatic rings. The number of fused-ring (bicyclic) bond motifs is 1. The Hall–Kier alpha value is -4.06. The molecule has 2 aromatic rings. The number of esters is 2. The van der Waals surface area contributed by atoms with Crippen LogP contribution in [-0.2, 0) is 9.59 Å². The highest BCUT2D eigenvalue weighted by Gasteiger charge is 2.27.